The third kappa shape index (κ3) is 2.91. The van der Waals surface area contributed by atoms with Crippen molar-refractivity contribution in [1.29, 1.82) is 0 Å². The van der Waals surface area contributed by atoms with Crippen LogP contribution in [0.15, 0.2) is 48.5 Å². The molecule has 88 valence electrons. The molecule has 0 saturated carbocycles. The van der Waals surface area contributed by atoms with E-state index in [0.717, 1.165) is 22.9 Å². The quantitative estimate of drug-likeness (QED) is 0.870. The molecule has 0 heterocycles. The lowest BCUT2D eigenvalue weighted by Crippen LogP contribution is -1.89. The first-order valence-corrected chi connectivity index (χ1v) is 5.41. The summed E-state index contributed by atoms with van der Waals surface area (Å²) in [7, 11) is 3.52. The van der Waals surface area contributed by atoms with Crippen molar-refractivity contribution in [3.05, 3.63) is 48.5 Å². The Morgan fingerprint density at radius 3 is 2.24 bits per heavy atom. The first-order chi connectivity index (χ1) is 8.31. The Morgan fingerprint density at radius 1 is 0.882 bits per heavy atom. The first kappa shape index (κ1) is 11.3. The summed E-state index contributed by atoms with van der Waals surface area (Å²) < 4.78 is 10.9. The molecule has 0 amide bonds. The minimum Gasteiger partial charge on any atom is -0.497 e. The third-order valence-electron chi connectivity index (χ3n) is 2.40. The minimum atomic E-state index is 0.762. The highest BCUT2D eigenvalue weighted by molar-refractivity contribution is 5.48. The number of ether oxygens (including phenoxy) is 2. The van der Waals surface area contributed by atoms with Crippen molar-refractivity contribution in [2.24, 2.45) is 0 Å². The van der Waals surface area contributed by atoms with Crippen molar-refractivity contribution >= 4 is 5.69 Å². The zero-order valence-corrected chi connectivity index (χ0v) is 9.94. The van der Waals surface area contributed by atoms with Crippen LogP contribution in [-0.2, 0) is 0 Å². The molecule has 0 bridgehead atoms. The lowest BCUT2D eigenvalue weighted by Gasteiger charge is -2.08. The Labute approximate surface area is 101 Å². The molecule has 0 aromatic heterocycles. The molecular formula is C14H15NO2. The summed E-state index contributed by atoms with van der Waals surface area (Å²) in [6, 6.07) is 15.3. The number of rotatable bonds is 4. The fraction of sp³-hybridized carbons (Fsp3) is 0.143. The van der Waals surface area contributed by atoms with Gasteiger partial charge in [0.15, 0.2) is 0 Å². The van der Waals surface area contributed by atoms with Gasteiger partial charge in [-0.2, -0.15) is 0 Å². The Kier molecular flexibility index (Phi) is 3.50. The minimum absolute atomic E-state index is 0.762. The second kappa shape index (κ2) is 5.25. The van der Waals surface area contributed by atoms with Gasteiger partial charge in [0.05, 0.1) is 7.11 Å². The van der Waals surface area contributed by atoms with Gasteiger partial charge in [0.2, 0.25) is 0 Å². The summed E-state index contributed by atoms with van der Waals surface area (Å²) in [5.41, 5.74) is 1.02. The predicted octanol–water partition coefficient (Wildman–Crippen LogP) is 3.53. The number of hydrogen-bond acceptors (Lipinski definition) is 3. The Hall–Kier alpha value is -2.16. The van der Waals surface area contributed by atoms with Crippen molar-refractivity contribution in [2.75, 3.05) is 19.5 Å². The van der Waals surface area contributed by atoms with Gasteiger partial charge >= 0.3 is 0 Å². The molecule has 3 heteroatoms. The molecule has 2 rings (SSSR count). The molecule has 2 aromatic rings. The second-order valence-corrected chi connectivity index (χ2v) is 3.56. The first-order valence-electron chi connectivity index (χ1n) is 5.41. The molecule has 0 saturated heterocycles. The second-order valence-electron chi connectivity index (χ2n) is 3.56. The highest BCUT2D eigenvalue weighted by Crippen LogP contribution is 2.26. The average Bonchev–Trinajstić information content (AvgIpc) is 2.39. The van der Waals surface area contributed by atoms with Crippen molar-refractivity contribution in [3.63, 3.8) is 0 Å². The van der Waals surface area contributed by atoms with Gasteiger partial charge in [0.25, 0.3) is 0 Å². The molecule has 17 heavy (non-hydrogen) atoms. The largest absolute Gasteiger partial charge is 0.497 e. The van der Waals surface area contributed by atoms with Crippen molar-refractivity contribution in [3.8, 4) is 17.2 Å². The van der Waals surface area contributed by atoms with Gasteiger partial charge in [-0.3, -0.25) is 0 Å². The van der Waals surface area contributed by atoms with Crippen LogP contribution < -0.4 is 14.8 Å². The zero-order valence-electron chi connectivity index (χ0n) is 9.94. The van der Waals surface area contributed by atoms with E-state index < -0.39 is 0 Å². The summed E-state index contributed by atoms with van der Waals surface area (Å²) in [5.74, 6) is 2.34. The maximum Gasteiger partial charge on any atom is 0.131 e. The standard InChI is InChI=1S/C14H15NO2/c1-15-11-5-3-7-13(9-11)17-14-8-4-6-12(10-14)16-2/h3-10,15H,1-2H3. The van der Waals surface area contributed by atoms with Crippen LogP contribution in [0.3, 0.4) is 0 Å². The summed E-state index contributed by atoms with van der Waals surface area (Å²) >= 11 is 0. The van der Waals surface area contributed by atoms with Crippen LogP contribution in [0.1, 0.15) is 0 Å². The van der Waals surface area contributed by atoms with Crippen LogP contribution in [0.25, 0.3) is 0 Å². The molecule has 0 unspecified atom stereocenters. The molecule has 0 fully saturated rings. The van der Waals surface area contributed by atoms with E-state index in [0.29, 0.717) is 0 Å². The molecule has 0 atom stereocenters. The van der Waals surface area contributed by atoms with Gasteiger partial charge in [-0.25, -0.2) is 0 Å². The monoisotopic (exact) mass is 229 g/mol. The number of methoxy groups -OCH3 is 1. The topological polar surface area (TPSA) is 30.5 Å². The van der Waals surface area contributed by atoms with E-state index in [4.69, 9.17) is 9.47 Å². The van der Waals surface area contributed by atoms with E-state index in [2.05, 4.69) is 5.32 Å². The number of hydrogen-bond donors (Lipinski definition) is 1. The molecule has 0 radical (unpaired) electrons. The molecule has 2 aromatic carbocycles. The van der Waals surface area contributed by atoms with Crippen molar-refractivity contribution < 1.29 is 9.47 Å². The average molecular weight is 229 g/mol. The zero-order chi connectivity index (χ0) is 12.1. The lowest BCUT2D eigenvalue weighted by molar-refractivity contribution is 0.409. The number of anilines is 1. The van der Waals surface area contributed by atoms with Gasteiger partial charge in [-0.05, 0) is 24.3 Å². The molecule has 0 aliphatic carbocycles. The van der Waals surface area contributed by atoms with E-state index in [1.54, 1.807) is 7.11 Å². The SMILES string of the molecule is CNc1cccc(Oc2cccc(OC)c2)c1. The fourth-order valence-electron chi connectivity index (χ4n) is 1.52. The van der Waals surface area contributed by atoms with Crippen molar-refractivity contribution in [1.82, 2.24) is 0 Å². The number of benzene rings is 2. The van der Waals surface area contributed by atoms with E-state index in [9.17, 15) is 0 Å². The molecule has 0 aliphatic heterocycles. The summed E-state index contributed by atoms with van der Waals surface area (Å²) in [6.07, 6.45) is 0. The lowest BCUT2D eigenvalue weighted by atomic mass is 10.3. The van der Waals surface area contributed by atoms with Gasteiger partial charge in [0, 0.05) is 24.9 Å². The summed E-state index contributed by atoms with van der Waals surface area (Å²) in [5, 5.41) is 3.07. The van der Waals surface area contributed by atoms with Gasteiger partial charge in [0.1, 0.15) is 17.2 Å². The van der Waals surface area contributed by atoms with Crippen LogP contribution in [0.5, 0.6) is 17.2 Å². The van der Waals surface area contributed by atoms with Crippen LogP contribution in [0.2, 0.25) is 0 Å². The van der Waals surface area contributed by atoms with E-state index in [1.165, 1.54) is 0 Å². The number of nitrogens with one attached hydrogen (secondary N) is 1. The highest BCUT2D eigenvalue weighted by atomic mass is 16.5. The maximum atomic E-state index is 5.74. The van der Waals surface area contributed by atoms with E-state index in [1.807, 2.05) is 55.6 Å². The van der Waals surface area contributed by atoms with Crippen LogP contribution in [0.4, 0.5) is 5.69 Å². The van der Waals surface area contributed by atoms with Crippen LogP contribution >= 0.6 is 0 Å². The van der Waals surface area contributed by atoms with Crippen molar-refractivity contribution in [2.45, 2.75) is 0 Å². The smallest absolute Gasteiger partial charge is 0.131 e. The molecule has 1 N–H and O–H groups in total. The molecular weight excluding hydrogens is 214 g/mol. The van der Waals surface area contributed by atoms with Gasteiger partial charge in [-0.1, -0.05) is 12.1 Å². The Morgan fingerprint density at radius 2 is 1.53 bits per heavy atom. The maximum absolute atomic E-state index is 5.74. The van der Waals surface area contributed by atoms with Gasteiger partial charge < -0.3 is 14.8 Å². The Balaban J connectivity index is 2.18. The molecule has 0 aliphatic rings. The van der Waals surface area contributed by atoms with Crippen LogP contribution in [0, 0.1) is 0 Å². The normalized spacial score (nSPS) is 9.76. The summed E-state index contributed by atoms with van der Waals surface area (Å²) in [4.78, 5) is 0. The van der Waals surface area contributed by atoms with Gasteiger partial charge in [-0.15, -0.1) is 0 Å². The fourth-order valence-corrected chi connectivity index (χ4v) is 1.52. The third-order valence-corrected chi connectivity index (χ3v) is 2.40. The van der Waals surface area contributed by atoms with Crippen LogP contribution in [-0.4, -0.2) is 14.2 Å². The predicted molar refractivity (Wildman–Crippen MR) is 69.1 cm³/mol. The Bertz CT molecular complexity index is 452. The molecule has 3 nitrogen and oxygen atoms in total. The molecule has 0 spiro atoms. The van der Waals surface area contributed by atoms with E-state index >= 15 is 0 Å². The van der Waals surface area contributed by atoms with E-state index in [-0.39, 0.29) is 0 Å². The highest BCUT2D eigenvalue weighted by Gasteiger charge is 1.99. The summed E-state index contributed by atoms with van der Waals surface area (Å²) in [6.45, 7) is 0.